The number of benzene rings is 3. The van der Waals surface area contributed by atoms with Crippen LogP contribution in [0.25, 0.3) is 22.6 Å². The lowest BCUT2D eigenvalue weighted by Crippen LogP contribution is -1.89. The molecule has 0 aliphatic heterocycles. The van der Waals surface area contributed by atoms with E-state index in [2.05, 4.69) is 9.98 Å². The minimum atomic E-state index is -0.441. The first-order valence-corrected chi connectivity index (χ1v) is 8.90. The molecule has 4 rings (SSSR count). The first-order chi connectivity index (χ1) is 13.5. The van der Waals surface area contributed by atoms with Gasteiger partial charge in [0.2, 0.25) is 5.89 Å². The molecule has 0 atom stereocenters. The summed E-state index contributed by atoms with van der Waals surface area (Å²) in [5, 5.41) is 11.7. The van der Waals surface area contributed by atoms with E-state index in [1.165, 1.54) is 12.1 Å². The number of non-ortho nitro benzene ring substituents is 1. The predicted molar refractivity (Wildman–Crippen MR) is 110 cm³/mol. The van der Waals surface area contributed by atoms with E-state index in [4.69, 9.17) is 27.6 Å². The maximum absolute atomic E-state index is 10.9. The highest BCUT2D eigenvalue weighted by atomic mass is 35.5. The Morgan fingerprint density at radius 2 is 1.89 bits per heavy atom. The minimum absolute atomic E-state index is 0.0159. The molecule has 0 radical (unpaired) electrons. The number of rotatable bonds is 4. The van der Waals surface area contributed by atoms with Crippen LogP contribution in [0.4, 0.5) is 11.4 Å². The summed E-state index contributed by atoms with van der Waals surface area (Å²) in [5.74, 6) is 0.424. The largest absolute Gasteiger partial charge is 0.436 e. The van der Waals surface area contributed by atoms with Gasteiger partial charge in [0.25, 0.3) is 5.69 Å². The average molecular weight is 412 g/mol. The van der Waals surface area contributed by atoms with E-state index < -0.39 is 4.92 Å². The maximum Gasteiger partial charge on any atom is 0.270 e. The van der Waals surface area contributed by atoms with Gasteiger partial charge in [0.1, 0.15) is 5.52 Å². The number of halogens is 2. The van der Waals surface area contributed by atoms with Gasteiger partial charge < -0.3 is 4.42 Å². The van der Waals surface area contributed by atoms with Gasteiger partial charge in [0.15, 0.2) is 5.58 Å². The number of hydrogen-bond acceptors (Lipinski definition) is 5. The molecule has 0 amide bonds. The van der Waals surface area contributed by atoms with Crippen molar-refractivity contribution in [2.24, 2.45) is 4.99 Å². The molecule has 0 fully saturated rings. The summed E-state index contributed by atoms with van der Waals surface area (Å²) in [6.07, 6.45) is 1.56. The molecule has 3 aromatic carbocycles. The van der Waals surface area contributed by atoms with Gasteiger partial charge in [-0.2, -0.15) is 0 Å². The van der Waals surface area contributed by atoms with Crippen LogP contribution in [0.2, 0.25) is 10.0 Å². The van der Waals surface area contributed by atoms with E-state index >= 15 is 0 Å². The topological polar surface area (TPSA) is 81.5 Å². The molecule has 1 heterocycles. The Labute approximate surface area is 169 Å². The number of nitro groups is 1. The van der Waals surface area contributed by atoms with Gasteiger partial charge in [-0.05, 0) is 42.0 Å². The molecule has 6 nitrogen and oxygen atoms in total. The van der Waals surface area contributed by atoms with Crippen molar-refractivity contribution < 1.29 is 9.34 Å². The zero-order valence-corrected chi connectivity index (χ0v) is 15.7. The van der Waals surface area contributed by atoms with Crippen molar-refractivity contribution in [1.82, 2.24) is 4.98 Å². The third kappa shape index (κ3) is 3.74. The van der Waals surface area contributed by atoms with E-state index in [1.807, 2.05) is 0 Å². The van der Waals surface area contributed by atoms with Crippen LogP contribution in [-0.2, 0) is 0 Å². The van der Waals surface area contributed by atoms with Crippen molar-refractivity contribution in [2.45, 2.75) is 0 Å². The van der Waals surface area contributed by atoms with Crippen LogP contribution in [0.5, 0.6) is 0 Å². The van der Waals surface area contributed by atoms with E-state index in [-0.39, 0.29) is 5.69 Å². The van der Waals surface area contributed by atoms with Crippen molar-refractivity contribution in [1.29, 1.82) is 0 Å². The van der Waals surface area contributed by atoms with Crippen molar-refractivity contribution in [2.75, 3.05) is 0 Å². The molecule has 0 saturated heterocycles. The zero-order chi connectivity index (χ0) is 19.7. The van der Waals surface area contributed by atoms with Gasteiger partial charge in [-0.15, -0.1) is 0 Å². The van der Waals surface area contributed by atoms with Crippen molar-refractivity contribution in [3.8, 4) is 11.5 Å². The Morgan fingerprint density at radius 3 is 2.68 bits per heavy atom. The lowest BCUT2D eigenvalue weighted by molar-refractivity contribution is -0.384. The highest BCUT2D eigenvalue weighted by Crippen LogP contribution is 2.31. The fourth-order valence-corrected chi connectivity index (χ4v) is 2.91. The van der Waals surface area contributed by atoms with Crippen LogP contribution in [0.1, 0.15) is 5.56 Å². The van der Waals surface area contributed by atoms with Gasteiger partial charge in [0, 0.05) is 23.9 Å². The molecule has 138 valence electrons. The summed E-state index contributed by atoms with van der Waals surface area (Å²) in [5.41, 5.74) is 3.25. The van der Waals surface area contributed by atoms with Crippen molar-refractivity contribution in [3.63, 3.8) is 0 Å². The van der Waals surface area contributed by atoms with E-state index in [1.54, 1.807) is 54.7 Å². The summed E-state index contributed by atoms with van der Waals surface area (Å²) in [4.78, 5) is 19.3. The predicted octanol–water partition coefficient (Wildman–Crippen LogP) is 6.46. The number of nitrogens with zero attached hydrogens (tertiary/aromatic N) is 3. The van der Waals surface area contributed by atoms with Gasteiger partial charge in [-0.3, -0.25) is 15.1 Å². The molecular weight excluding hydrogens is 401 g/mol. The van der Waals surface area contributed by atoms with Gasteiger partial charge in [0.05, 0.1) is 20.7 Å². The van der Waals surface area contributed by atoms with Crippen molar-refractivity contribution in [3.05, 3.63) is 86.4 Å². The Hall–Kier alpha value is -3.22. The third-order valence-electron chi connectivity index (χ3n) is 3.98. The van der Waals surface area contributed by atoms with E-state index in [0.717, 1.165) is 0 Å². The van der Waals surface area contributed by atoms with Crippen LogP contribution >= 0.6 is 23.2 Å². The van der Waals surface area contributed by atoms with E-state index in [0.29, 0.717) is 43.9 Å². The molecule has 28 heavy (non-hydrogen) atoms. The number of oxazole rings is 1. The normalized spacial score (nSPS) is 11.4. The summed E-state index contributed by atoms with van der Waals surface area (Å²) < 4.78 is 5.77. The molecule has 0 bridgehead atoms. The minimum Gasteiger partial charge on any atom is -0.436 e. The maximum atomic E-state index is 10.9. The SMILES string of the molecule is O=[N+]([O-])c1cccc(C=Nc2ccc3oc(-c4ccc(Cl)c(Cl)c4)nc3c2)c1. The standard InChI is InChI=1S/C20H11Cl2N3O3/c21-16-6-4-13(9-17(16)22)20-24-18-10-14(5-7-19(18)28-20)23-11-12-2-1-3-15(8-12)25(26)27/h1-11H. The van der Waals surface area contributed by atoms with Gasteiger partial charge in [-0.25, -0.2) is 4.98 Å². The molecule has 8 heteroatoms. The van der Waals surface area contributed by atoms with Crippen LogP contribution in [-0.4, -0.2) is 16.1 Å². The number of aromatic nitrogens is 1. The molecule has 0 aliphatic carbocycles. The monoisotopic (exact) mass is 411 g/mol. The summed E-state index contributed by atoms with van der Waals surface area (Å²) >= 11 is 12.0. The number of aliphatic imine (C=N–C) groups is 1. The lowest BCUT2D eigenvalue weighted by atomic mass is 10.2. The zero-order valence-electron chi connectivity index (χ0n) is 14.2. The average Bonchev–Trinajstić information content (AvgIpc) is 3.12. The van der Waals surface area contributed by atoms with Crippen LogP contribution in [0, 0.1) is 10.1 Å². The van der Waals surface area contributed by atoms with Crippen molar-refractivity contribution >= 4 is 51.9 Å². The Bertz CT molecular complexity index is 1230. The molecular formula is C20H11Cl2N3O3. The lowest BCUT2D eigenvalue weighted by Gasteiger charge is -1.97. The number of nitro benzene ring substituents is 1. The quantitative estimate of drug-likeness (QED) is 0.219. The first-order valence-electron chi connectivity index (χ1n) is 8.14. The molecule has 0 aliphatic rings. The summed E-state index contributed by atoms with van der Waals surface area (Å²) in [6, 6.07) is 16.7. The highest BCUT2D eigenvalue weighted by Gasteiger charge is 2.10. The molecule has 0 saturated carbocycles. The van der Waals surface area contributed by atoms with E-state index in [9.17, 15) is 10.1 Å². The molecule has 0 unspecified atom stereocenters. The van der Waals surface area contributed by atoms with Gasteiger partial charge >= 0.3 is 0 Å². The Morgan fingerprint density at radius 1 is 1.04 bits per heavy atom. The first kappa shape index (κ1) is 18.2. The summed E-state index contributed by atoms with van der Waals surface area (Å²) in [7, 11) is 0. The fourth-order valence-electron chi connectivity index (χ4n) is 2.62. The van der Waals surface area contributed by atoms with Crippen LogP contribution in [0.15, 0.2) is 70.1 Å². The molecule has 0 N–H and O–H groups in total. The molecule has 4 aromatic rings. The smallest absolute Gasteiger partial charge is 0.270 e. The molecule has 1 aromatic heterocycles. The second kappa shape index (κ2) is 7.42. The Kier molecular flexibility index (Phi) is 4.81. The highest BCUT2D eigenvalue weighted by molar-refractivity contribution is 6.42. The van der Waals surface area contributed by atoms with Crippen LogP contribution in [0.3, 0.4) is 0 Å². The number of hydrogen-bond donors (Lipinski definition) is 0. The second-order valence-electron chi connectivity index (χ2n) is 5.91. The second-order valence-corrected chi connectivity index (χ2v) is 6.72. The van der Waals surface area contributed by atoms with Crippen LogP contribution < -0.4 is 0 Å². The number of fused-ring (bicyclic) bond motifs is 1. The third-order valence-corrected chi connectivity index (χ3v) is 4.72. The molecule has 0 spiro atoms. The Balaban J connectivity index is 1.64. The summed E-state index contributed by atoms with van der Waals surface area (Å²) in [6.45, 7) is 0. The fraction of sp³-hybridized carbons (Fsp3) is 0. The van der Waals surface area contributed by atoms with Gasteiger partial charge in [-0.1, -0.05) is 35.3 Å².